The zero-order chi connectivity index (χ0) is 12.0. The van der Waals surface area contributed by atoms with E-state index in [1.165, 1.54) is 0 Å². The highest BCUT2D eigenvalue weighted by atomic mass is 16.4. The molecule has 90 valence electrons. The van der Waals surface area contributed by atoms with Crippen LogP contribution in [-0.2, 0) is 9.59 Å². The van der Waals surface area contributed by atoms with Crippen molar-refractivity contribution in [3.05, 3.63) is 12.2 Å². The Hall–Kier alpha value is -1.32. The summed E-state index contributed by atoms with van der Waals surface area (Å²) in [7, 11) is 1.68. The lowest BCUT2D eigenvalue weighted by molar-refractivity contribution is -0.139. The first-order valence-corrected chi connectivity index (χ1v) is 5.73. The number of carbonyl (C=O) groups excluding carboxylic acids is 1. The molecule has 0 unspecified atom stereocenters. The summed E-state index contributed by atoms with van der Waals surface area (Å²) in [5.41, 5.74) is 0. The van der Waals surface area contributed by atoms with Gasteiger partial charge in [0, 0.05) is 19.5 Å². The third-order valence-corrected chi connectivity index (χ3v) is 2.92. The van der Waals surface area contributed by atoms with Crippen LogP contribution in [0, 0.1) is 5.92 Å². The van der Waals surface area contributed by atoms with Gasteiger partial charge in [-0.1, -0.05) is 12.2 Å². The number of aliphatic carboxylic acids is 1. The SMILES string of the molecule is CN(CCC(=O)O)C(=O)C1CCC=CCC1. The topological polar surface area (TPSA) is 57.6 Å². The number of nitrogens with zero attached hydrogens (tertiary/aromatic N) is 1. The molecule has 0 radical (unpaired) electrons. The summed E-state index contributed by atoms with van der Waals surface area (Å²) in [5, 5.41) is 8.55. The Kier molecular flexibility index (Phi) is 5.02. The summed E-state index contributed by atoms with van der Waals surface area (Å²) >= 11 is 0. The molecule has 1 rings (SSSR count). The Labute approximate surface area is 95.9 Å². The number of rotatable bonds is 4. The van der Waals surface area contributed by atoms with Gasteiger partial charge in [-0.2, -0.15) is 0 Å². The minimum atomic E-state index is -0.859. The van der Waals surface area contributed by atoms with Gasteiger partial charge in [0.25, 0.3) is 0 Å². The molecule has 4 nitrogen and oxygen atoms in total. The highest BCUT2D eigenvalue weighted by Gasteiger charge is 2.21. The first-order valence-electron chi connectivity index (χ1n) is 5.73. The molecule has 4 heteroatoms. The lowest BCUT2D eigenvalue weighted by Crippen LogP contribution is -2.34. The van der Waals surface area contributed by atoms with E-state index in [9.17, 15) is 9.59 Å². The Morgan fingerprint density at radius 2 is 1.88 bits per heavy atom. The quantitative estimate of drug-likeness (QED) is 0.740. The molecule has 1 aliphatic carbocycles. The summed E-state index contributed by atoms with van der Waals surface area (Å²) in [6.07, 6.45) is 7.91. The number of hydrogen-bond donors (Lipinski definition) is 1. The van der Waals surface area contributed by atoms with E-state index < -0.39 is 5.97 Å². The van der Waals surface area contributed by atoms with Crippen molar-refractivity contribution < 1.29 is 14.7 Å². The van der Waals surface area contributed by atoms with Crippen molar-refractivity contribution in [1.29, 1.82) is 0 Å². The predicted octanol–water partition coefficient (Wildman–Crippen LogP) is 1.67. The van der Waals surface area contributed by atoms with Crippen molar-refractivity contribution in [2.45, 2.75) is 32.1 Å². The number of carbonyl (C=O) groups is 2. The van der Waals surface area contributed by atoms with Crippen LogP contribution in [0.1, 0.15) is 32.1 Å². The Morgan fingerprint density at radius 3 is 2.38 bits per heavy atom. The van der Waals surface area contributed by atoms with Crippen LogP contribution in [0.5, 0.6) is 0 Å². The molecule has 0 bridgehead atoms. The Balaban J connectivity index is 2.39. The molecule has 0 atom stereocenters. The summed E-state index contributed by atoms with van der Waals surface area (Å²) in [6.45, 7) is 0.304. The molecule has 1 N–H and O–H groups in total. The number of amides is 1. The Morgan fingerprint density at radius 1 is 1.31 bits per heavy atom. The number of carboxylic acids is 1. The van der Waals surface area contributed by atoms with E-state index in [0.717, 1.165) is 25.7 Å². The van der Waals surface area contributed by atoms with Crippen LogP contribution in [0.4, 0.5) is 0 Å². The van der Waals surface area contributed by atoms with Crippen LogP contribution < -0.4 is 0 Å². The summed E-state index contributed by atoms with van der Waals surface area (Å²) in [6, 6.07) is 0. The predicted molar refractivity (Wildman–Crippen MR) is 61.0 cm³/mol. The smallest absolute Gasteiger partial charge is 0.305 e. The van der Waals surface area contributed by atoms with Gasteiger partial charge in [-0.15, -0.1) is 0 Å². The molecule has 0 aliphatic heterocycles. The van der Waals surface area contributed by atoms with E-state index in [0.29, 0.717) is 6.54 Å². The Bertz CT molecular complexity index is 276. The fourth-order valence-corrected chi connectivity index (χ4v) is 1.91. The van der Waals surface area contributed by atoms with E-state index in [2.05, 4.69) is 12.2 Å². The molecule has 0 spiro atoms. The summed E-state index contributed by atoms with van der Waals surface area (Å²) < 4.78 is 0. The van der Waals surface area contributed by atoms with Gasteiger partial charge in [0.05, 0.1) is 6.42 Å². The summed E-state index contributed by atoms with van der Waals surface area (Å²) in [5.74, 6) is -0.707. The van der Waals surface area contributed by atoms with Gasteiger partial charge >= 0.3 is 5.97 Å². The van der Waals surface area contributed by atoms with E-state index >= 15 is 0 Å². The van der Waals surface area contributed by atoms with Gasteiger partial charge in [0.2, 0.25) is 5.91 Å². The van der Waals surface area contributed by atoms with E-state index in [4.69, 9.17) is 5.11 Å². The fourth-order valence-electron chi connectivity index (χ4n) is 1.91. The maximum atomic E-state index is 12.0. The van der Waals surface area contributed by atoms with Gasteiger partial charge in [0.15, 0.2) is 0 Å². The van der Waals surface area contributed by atoms with Crippen molar-refractivity contribution in [2.24, 2.45) is 5.92 Å². The van der Waals surface area contributed by atoms with Crippen LogP contribution in [0.3, 0.4) is 0 Å². The third-order valence-electron chi connectivity index (χ3n) is 2.92. The number of hydrogen-bond acceptors (Lipinski definition) is 2. The van der Waals surface area contributed by atoms with Crippen molar-refractivity contribution in [3.8, 4) is 0 Å². The van der Waals surface area contributed by atoms with Crippen LogP contribution in [-0.4, -0.2) is 35.5 Å². The van der Waals surface area contributed by atoms with Crippen molar-refractivity contribution in [1.82, 2.24) is 4.90 Å². The molecule has 0 aromatic heterocycles. The molecule has 0 saturated carbocycles. The number of carboxylic acid groups (broad SMARTS) is 1. The zero-order valence-electron chi connectivity index (χ0n) is 9.69. The molecule has 1 amide bonds. The lowest BCUT2D eigenvalue weighted by atomic mass is 9.98. The highest BCUT2D eigenvalue weighted by molar-refractivity contribution is 5.79. The molecule has 0 aromatic rings. The second-order valence-corrected chi connectivity index (χ2v) is 4.23. The molecule has 0 fully saturated rings. The monoisotopic (exact) mass is 225 g/mol. The largest absolute Gasteiger partial charge is 0.481 e. The van der Waals surface area contributed by atoms with E-state index in [1.807, 2.05) is 0 Å². The molecule has 0 aromatic carbocycles. The number of allylic oxidation sites excluding steroid dienone is 2. The summed E-state index contributed by atoms with van der Waals surface area (Å²) in [4.78, 5) is 23.9. The third kappa shape index (κ3) is 4.04. The van der Waals surface area contributed by atoms with E-state index in [-0.39, 0.29) is 18.2 Å². The maximum Gasteiger partial charge on any atom is 0.305 e. The van der Waals surface area contributed by atoms with E-state index in [1.54, 1.807) is 11.9 Å². The standard InChI is InChI=1S/C12H19NO3/c1-13(9-8-11(14)15)12(16)10-6-4-2-3-5-7-10/h2-3,10H,4-9H2,1H3,(H,14,15). The molecule has 0 saturated heterocycles. The minimum Gasteiger partial charge on any atom is -0.481 e. The molecular weight excluding hydrogens is 206 g/mol. The average molecular weight is 225 g/mol. The van der Waals surface area contributed by atoms with Crippen molar-refractivity contribution in [2.75, 3.05) is 13.6 Å². The van der Waals surface area contributed by atoms with Crippen LogP contribution in [0.15, 0.2) is 12.2 Å². The van der Waals surface area contributed by atoms with Gasteiger partial charge < -0.3 is 10.0 Å². The highest BCUT2D eigenvalue weighted by Crippen LogP contribution is 2.20. The van der Waals surface area contributed by atoms with Crippen molar-refractivity contribution in [3.63, 3.8) is 0 Å². The van der Waals surface area contributed by atoms with Crippen molar-refractivity contribution >= 4 is 11.9 Å². The minimum absolute atomic E-state index is 0.0210. The molecular formula is C12H19NO3. The average Bonchev–Trinajstić information content (AvgIpc) is 2.53. The van der Waals surface area contributed by atoms with Gasteiger partial charge in [-0.25, -0.2) is 0 Å². The molecule has 16 heavy (non-hydrogen) atoms. The second kappa shape index (κ2) is 6.30. The zero-order valence-corrected chi connectivity index (χ0v) is 9.69. The second-order valence-electron chi connectivity index (χ2n) is 4.23. The van der Waals surface area contributed by atoms with Gasteiger partial charge in [0.1, 0.15) is 0 Å². The van der Waals surface area contributed by atoms with Crippen LogP contribution in [0.25, 0.3) is 0 Å². The van der Waals surface area contributed by atoms with Gasteiger partial charge in [-0.05, 0) is 25.7 Å². The molecule has 0 heterocycles. The fraction of sp³-hybridized carbons (Fsp3) is 0.667. The molecule has 1 aliphatic rings. The van der Waals surface area contributed by atoms with Gasteiger partial charge in [-0.3, -0.25) is 9.59 Å². The van der Waals surface area contributed by atoms with Crippen LogP contribution >= 0.6 is 0 Å². The lowest BCUT2D eigenvalue weighted by Gasteiger charge is -2.22. The maximum absolute atomic E-state index is 12.0. The first-order chi connectivity index (χ1) is 7.61. The van der Waals surface area contributed by atoms with Crippen LogP contribution in [0.2, 0.25) is 0 Å². The first kappa shape index (κ1) is 12.7. The normalized spacial score (nSPS) is 16.8.